The number of imidazole rings is 1. The van der Waals surface area contributed by atoms with E-state index in [-0.39, 0.29) is 17.6 Å². The summed E-state index contributed by atoms with van der Waals surface area (Å²) in [5, 5.41) is 5.19. The molecule has 9 heteroatoms. The minimum absolute atomic E-state index is 0.182. The number of benzene rings is 2. The van der Waals surface area contributed by atoms with Crippen molar-refractivity contribution in [2.45, 2.75) is 37.8 Å². The van der Waals surface area contributed by atoms with E-state index < -0.39 is 0 Å². The van der Waals surface area contributed by atoms with Gasteiger partial charge in [-0.05, 0) is 69.1 Å². The molecule has 2 aromatic carbocycles. The third kappa shape index (κ3) is 4.45. The van der Waals surface area contributed by atoms with Gasteiger partial charge in [0.2, 0.25) is 0 Å². The first-order valence-electron chi connectivity index (χ1n) is 12.8. The van der Waals surface area contributed by atoms with Gasteiger partial charge in [0, 0.05) is 54.4 Å². The monoisotopic (exact) mass is 505 g/mol. The minimum Gasteiger partial charge on any atom is -0.381 e. The van der Waals surface area contributed by atoms with E-state index >= 15 is 0 Å². The Bertz CT molecular complexity index is 1460. The maximum atomic E-state index is 13.4. The zero-order valence-electron chi connectivity index (χ0n) is 20.5. The number of nitrogens with zero attached hydrogens (tertiary/aromatic N) is 3. The van der Waals surface area contributed by atoms with Gasteiger partial charge < -0.3 is 30.8 Å². The number of likely N-dealkylation sites (N-methyl/N-ethyl adjacent to an activating group) is 1. The molecule has 0 amide bonds. The predicted molar refractivity (Wildman–Crippen MR) is 148 cm³/mol. The fraction of sp³-hybridized carbons (Fsp3) is 0.407. The Hall–Kier alpha value is -3.07. The Labute approximate surface area is 214 Å². The highest BCUT2D eigenvalue weighted by molar-refractivity contribution is 6.31. The van der Waals surface area contributed by atoms with Gasteiger partial charge in [0.05, 0.1) is 22.2 Å². The van der Waals surface area contributed by atoms with Gasteiger partial charge in [0.15, 0.2) is 0 Å². The maximum absolute atomic E-state index is 13.4. The number of nitrogens with two attached hydrogens (primary N) is 1. The lowest BCUT2D eigenvalue weighted by Crippen LogP contribution is -2.44. The zero-order chi connectivity index (χ0) is 24.8. The van der Waals surface area contributed by atoms with E-state index in [0.717, 1.165) is 85.2 Å². The summed E-state index contributed by atoms with van der Waals surface area (Å²) < 4.78 is 0. The fourth-order valence-electron chi connectivity index (χ4n) is 5.48. The number of fused-ring (bicyclic) bond motifs is 2. The number of aromatic amines is 2. The summed E-state index contributed by atoms with van der Waals surface area (Å²) in [6.07, 6.45) is 3.86. The van der Waals surface area contributed by atoms with Gasteiger partial charge in [-0.25, -0.2) is 4.98 Å². The molecule has 0 unspecified atom stereocenters. The molecular weight excluding hydrogens is 474 g/mol. The van der Waals surface area contributed by atoms with Crippen LogP contribution in [0.3, 0.4) is 0 Å². The fourth-order valence-corrected chi connectivity index (χ4v) is 5.65. The van der Waals surface area contributed by atoms with Gasteiger partial charge in [-0.3, -0.25) is 4.79 Å². The van der Waals surface area contributed by atoms with Crippen molar-refractivity contribution in [3.63, 3.8) is 0 Å². The predicted octanol–water partition coefficient (Wildman–Crippen LogP) is 4.16. The second-order valence-corrected chi connectivity index (χ2v) is 10.7. The summed E-state index contributed by atoms with van der Waals surface area (Å²) in [6, 6.07) is 12.3. The Morgan fingerprint density at radius 3 is 2.53 bits per heavy atom. The largest absolute Gasteiger partial charge is 0.381 e. The summed E-state index contributed by atoms with van der Waals surface area (Å²) in [5.74, 6) is 0.554. The molecule has 1 saturated heterocycles. The number of rotatable bonds is 4. The lowest BCUT2D eigenvalue weighted by atomic mass is 9.91. The molecule has 0 radical (unpaired) electrons. The standard InChI is InChI=1S/C27H32ClN7O/c1-34-10-12-35(13-11-34)19-7-9-22-23(15-19)32-26(31-22)24-25(30-18-5-3-17(29)4-6-18)20-14-16(28)2-8-21(20)33-27(24)36/h2,7-9,14-15,17-18H,3-6,10-13,29H2,1H3,(H,31,32)(H2,30,33,36). The number of pyridine rings is 1. The number of piperazine rings is 1. The first-order chi connectivity index (χ1) is 17.4. The molecule has 1 aliphatic heterocycles. The van der Waals surface area contributed by atoms with E-state index in [1.807, 2.05) is 12.1 Å². The smallest absolute Gasteiger partial charge is 0.261 e. The van der Waals surface area contributed by atoms with Crippen molar-refractivity contribution in [2.24, 2.45) is 5.73 Å². The summed E-state index contributed by atoms with van der Waals surface area (Å²) in [5.41, 5.74) is 10.9. The summed E-state index contributed by atoms with van der Waals surface area (Å²) in [7, 11) is 2.15. The lowest BCUT2D eigenvalue weighted by Gasteiger charge is -2.34. The van der Waals surface area contributed by atoms with Crippen molar-refractivity contribution >= 4 is 44.9 Å². The normalized spacial score (nSPS) is 21.4. The third-order valence-electron chi connectivity index (χ3n) is 7.67. The highest BCUT2D eigenvalue weighted by Gasteiger charge is 2.24. The van der Waals surface area contributed by atoms with E-state index in [0.29, 0.717) is 16.4 Å². The summed E-state index contributed by atoms with van der Waals surface area (Å²) in [6.45, 7) is 4.06. The van der Waals surface area contributed by atoms with Crippen LogP contribution in [0.5, 0.6) is 0 Å². The highest BCUT2D eigenvalue weighted by atomic mass is 35.5. The van der Waals surface area contributed by atoms with Crippen molar-refractivity contribution in [1.82, 2.24) is 19.9 Å². The van der Waals surface area contributed by atoms with Crippen LogP contribution in [0, 0.1) is 0 Å². The quantitative estimate of drug-likeness (QED) is 0.332. The van der Waals surface area contributed by atoms with Gasteiger partial charge >= 0.3 is 0 Å². The molecule has 2 aliphatic rings. The van der Waals surface area contributed by atoms with Gasteiger partial charge in [0.25, 0.3) is 5.56 Å². The van der Waals surface area contributed by atoms with Gasteiger partial charge in [-0.2, -0.15) is 0 Å². The first-order valence-corrected chi connectivity index (χ1v) is 13.1. The van der Waals surface area contributed by atoms with E-state index in [1.165, 1.54) is 0 Å². The van der Waals surface area contributed by atoms with Crippen molar-refractivity contribution in [1.29, 1.82) is 0 Å². The molecule has 4 aromatic rings. The second-order valence-electron chi connectivity index (χ2n) is 10.2. The van der Waals surface area contributed by atoms with Crippen molar-refractivity contribution < 1.29 is 0 Å². The third-order valence-corrected chi connectivity index (χ3v) is 7.90. The van der Waals surface area contributed by atoms with Gasteiger partial charge in [-0.15, -0.1) is 0 Å². The van der Waals surface area contributed by atoms with Crippen molar-refractivity contribution in [2.75, 3.05) is 43.4 Å². The van der Waals surface area contributed by atoms with Crippen LogP contribution < -0.4 is 21.5 Å². The van der Waals surface area contributed by atoms with Crippen LogP contribution in [0.15, 0.2) is 41.2 Å². The average Bonchev–Trinajstić information content (AvgIpc) is 3.29. The molecule has 1 saturated carbocycles. The number of hydrogen-bond acceptors (Lipinski definition) is 6. The molecule has 8 nitrogen and oxygen atoms in total. The maximum Gasteiger partial charge on any atom is 0.261 e. The topological polar surface area (TPSA) is 106 Å². The molecule has 2 fully saturated rings. The first kappa shape index (κ1) is 23.3. The molecule has 5 N–H and O–H groups in total. The van der Waals surface area contributed by atoms with Crippen LogP contribution in [0.4, 0.5) is 11.4 Å². The van der Waals surface area contributed by atoms with Crippen LogP contribution in [0.25, 0.3) is 33.3 Å². The number of nitrogens with one attached hydrogen (secondary N) is 3. The van der Waals surface area contributed by atoms with Gasteiger partial charge in [0.1, 0.15) is 11.4 Å². The van der Waals surface area contributed by atoms with E-state index in [1.54, 1.807) is 6.07 Å². The van der Waals surface area contributed by atoms with Crippen LogP contribution in [-0.4, -0.2) is 65.2 Å². The SMILES string of the molecule is CN1CCN(c2ccc3[nH]c(-c4c(NC5CCC(N)CC5)c5cc(Cl)ccc5[nH]c4=O)nc3c2)CC1. The Morgan fingerprint density at radius 1 is 1.00 bits per heavy atom. The van der Waals surface area contributed by atoms with Crippen molar-refractivity contribution in [3.05, 3.63) is 51.8 Å². The number of halogens is 1. The Morgan fingerprint density at radius 2 is 1.75 bits per heavy atom. The number of H-pyrrole nitrogens is 2. The Kier molecular flexibility index (Phi) is 6.11. The molecule has 0 atom stereocenters. The summed E-state index contributed by atoms with van der Waals surface area (Å²) >= 11 is 6.39. The molecule has 188 valence electrons. The van der Waals surface area contributed by atoms with Crippen LogP contribution in [0.1, 0.15) is 25.7 Å². The molecule has 1 aliphatic carbocycles. The van der Waals surface area contributed by atoms with Crippen molar-refractivity contribution in [3.8, 4) is 11.4 Å². The van der Waals surface area contributed by atoms with Crippen LogP contribution in [-0.2, 0) is 0 Å². The van der Waals surface area contributed by atoms with Crippen LogP contribution >= 0.6 is 11.6 Å². The molecule has 6 rings (SSSR count). The molecule has 2 aromatic heterocycles. The van der Waals surface area contributed by atoms with E-state index in [4.69, 9.17) is 22.3 Å². The average molecular weight is 506 g/mol. The number of aromatic nitrogens is 3. The Balaban J connectivity index is 1.43. The van der Waals surface area contributed by atoms with Crippen LogP contribution in [0.2, 0.25) is 5.02 Å². The summed E-state index contributed by atoms with van der Waals surface area (Å²) in [4.78, 5) is 29.5. The van der Waals surface area contributed by atoms with E-state index in [9.17, 15) is 4.79 Å². The lowest BCUT2D eigenvalue weighted by molar-refractivity contribution is 0.313. The molecule has 0 spiro atoms. The second kappa shape index (κ2) is 9.42. The number of anilines is 2. The highest BCUT2D eigenvalue weighted by Crippen LogP contribution is 2.35. The van der Waals surface area contributed by atoms with Gasteiger partial charge in [-0.1, -0.05) is 11.6 Å². The number of hydrogen-bond donors (Lipinski definition) is 4. The zero-order valence-corrected chi connectivity index (χ0v) is 21.2. The molecular formula is C27H32ClN7O. The molecule has 0 bridgehead atoms. The van der Waals surface area contributed by atoms with E-state index in [2.05, 4.69) is 50.3 Å². The molecule has 36 heavy (non-hydrogen) atoms. The minimum atomic E-state index is -0.182. The molecule has 3 heterocycles.